The van der Waals surface area contributed by atoms with Gasteiger partial charge in [-0.1, -0.05) is 6.07 Å². The van der Waals surface area contributed by atoms with Gasteiger partial charge in [0.1, 0.15) is 5.82 Å². The number of amides is 3. The first kappa shape index (κ1) is 20.8. The molecular formula is C14H20ClFN4O3. The Kier molecular flexibility index (Phi) is 10.3. The van der Waals surface area contributed by atoms with E-state index in [1.165, 1.54) is 18.2 Å². The van der Waals surface area contributed by atoms with Crippen LogP contribution in [0.3, 0.4) is 0 Å². The van der Waals surface area contributed by atoms with Gasteiger partial charge in [0.2, 0.25) is 11.8 Å². The van der Waals surface area contributed by atoms with Gasteiger partial charge in [-0.3, -0.25) is 14.4 Å². The maximum absolute atomic E-state index is 12.9. The number of benzene rings is 1. The molecule has 1 rings (SSSR count). The van der Waals surface area contributed by atoms with Gasteiger partial charge in [-0.05, 0) is 24.6 Å². The summed E-state index contributed by atoms with van der Waals surface area (Å²) in [4.78, 5) is 33.8. The van der Waals surface area contributed by atoms with E-state index in [9.17, 15) is 18.8 Å². The number of carbonyl (C=O) groups is 3. The standard InChI is InChI=1S/C14H19FN4O3.ClH/c15-11-4-1-3-10(7-11)14(22)18-6-2-5-17-13(21)9-19-12(20)8-16;/h1,3-4,7H,2,5-6,8-9,16H2,(H,17,21)(H,18,22)(H,19,20);1H. The zero-order chi connectivity index (χ0) is 16.4. The molecule has 23 heavy (non-hydrogen) atoms. The van der Waals surface area contributed by atoms with Crippen molar-refractivity contribution in [2.45, 2.75) is 6.42 Å². The number of carbonyl (C=O) groups excluding carboxylic acids is 3. The number of nitrogens with one attached hydrogen (secondary N) is 3. The fourth-order valence-electron chi connectivity index (χ4n) is 1.56. The van der Waals surface area contributed by atoms with E-state index in [4.69, 9.17) is 5.73 Å². The highest BCUT2D eigenvalue weighted by Crippen LogP contribution is 2.02. The van der Waals surface area contributed by atoms with Crippen LogP contribution in [-0.2, 0) is 9.59 Å². The van der Waals surface area contributed by atoms with E-state index in [2.05, 4.69) is 16.0 Å². The predicted molar refractivity (Wildman–Crippen MR) is 85.7 cm³/mol. The molecule has 0 aliphatic rings. The highest BCUT2D eigenvalue weighted by atomic mass is 35.5. The second kappa shape index (κ2) is 11.4. The molecule has 0 spiro atoms. The third kappa shape index (κ3) is 8.74. The lowest BCUT2D eigenvalue weighted by Gasteiger charge is -2.07. The van der Waals surface area contributed by atoms with Gasteiger partial charge in [0, 0.05) is 18.7 Å². The molecule has 0 atom stereocenters. The van der Waals surface area contributed by atoms with Gasteiger partial charge in [-0.15, -0.1) is 12.4 Å². The maximum Gasteiger partial charge on any atom is 0.251 e. The third-order valence-corrected chi connectivity index (χ3v) is 2.68. The van der Waals surface area contributed by atoms with Crippen LogP contribution < -0.4 is 21.7 Å². The van der Waals surface area contributed by atoms with Crippen LogP contribution in [0.15, 0.2) is 24.3 Å². The topological polar surface area (TPSA) is 113 Å². The van der Waals surface area contributed by atoms with Crippen molar-refractivity contribution in [2.75, 3.05) is 26.2 Å². The molecule has 0 bridgehead atoms. The molecule has 128 valence electrons. The molecule has 1 aromatic rings. The van der Waals surface area contributed by atoms with Crippen molar-refractivity contribution in [1.29, 1.82) is 0 Å². The summed E-state index contributed by atoms with van der Waals surface area (Å²) >= 11 is 0. The monoisotopic (exact) mass is 346 g/mol. The van der Waals surface area contributed by atoms with E-state index >= 15 is 0 Å². The molecule has 0 saturated heterocycles. The first-order valence-electron chi connectivity index (χ1n) is 6.80. The Morgan fingerprint density at radius 2 is 1.74 bits per heavy atom. The fourth-order valence-corrected chi connectivity index (χ4v) is 1.56. The molecule has 0 saturated carbocycles. The molecule has 3 amide bonds. The predicted octanol–water partition coefficient (Wildman–Crippen LogP) is -0.441. The molecule has 5 N–H and O–H groups in total. The minimum Gasteiger partial charge on any atom is -0.355 e. The molecule has 0 fully saturated rings. The Hall–Kier alpha value is -2.19. The van der Waals surface area contributed by atoms with Crippen LogP contribution in [-0.4, -0.2) is 43.9 Å². The van der Waals surface area contributed by atoms with Gasteiger partial charge in [0.05, 0.1) is 13.1 Å². The summed E-state index contributed by atoms with van der Waals surface area (Å²) in [5.74, 6) is -1.59. The number of hydrogen-bond acceptors (Lipinski definition) is 4. The van der Waals surface area contributed by atoms with E-state index in [0.29, 0.717) is 19.5 Å². The number of hydrogen-bond donors (Lipinski definition) is 4. The van der Waals surface area contributed by atoms with Gasteiger partial charge in [-0.25, -0.2) is 4.39 Å². The van der Waals surface area contributed by atoms with E-state index < -0.39 is 11.7 Å². The second-order valence-corrected chi connectivity index (χ2v) is 4.45. The van der Waals surface area contributed by atoms with Crippen LogP contribution in [0, 0.1) is 5.82 Å². The lowest BCUT2D eigenvalue weighted by molar-refractivity contribution is -0.125. The highest BCUT2D eigenvalue weighted by Gasteiger charge is 2.06. The Bertz CT molecular complexity index is 543. The highest BCUT2D eigenvalue weighted by molar-refractivity contribution is 5.94. The molecule has 9 heteroatoms. The van der Waals surface area contributed by atoms with E-state index in [0.717, 1.165) is 6.07 Å². The molecule has 0 heterocycles. The summed E-state index contributed by atoms with van der Waals surface area (Å²) in [6.45, 7) is 0.386. The Morgan fingerprint density at radius 1 is 1.04 bits per heavy atom. The van der Waals surface area contributed by atoms with Gasteiger partial charge >= 0.3 is 0 Å². The summed E-state index contributed by atoms with van der Waals surface area (Å²) in [6.07, 6.45) is 0.512. The lowest BCUT2D eigenvalue weighted by atomic mass is 10.2. The van der Waals surface area contributed by atoms with Crippen molar-refractivity contribution in [1.82, 2.24) is 16.0 Å². The van der Waals surface area contributed by atoms with Crippen molar-refractivity contribution in [3.63, 3.8) is 0 Å². The van der Waals surface area contributed by atoms with Gasteiger partial charge in [0.25, 0.3) is 5.91 Å². The van der Waals surface area contributed by atoms with Crippen molar-refractivity contribution < 1.29 is 18.8 Å². The van der Waals surface area contributed by atoms with Gasteiger partial charge < -0.3 is 21.7 Å². The minimum atomic E-state index is -0.473. The summed E-state index contributed by atoms with van der Waals surface area (Å²) in [7, 11) is 0. The van der Waals surface area contributed by atoms with Crippen molar-refractivity contribution in [2.24, 2.45) is 5.73 Å². The molecule has 0 radical (unpaired) electrons. The van der Waals surface area contributed by atoms with Crippen molar-refractivity contribution in [3.8, 4) is 0 Å². The summed E-state index contributed by atoms with van der Waals surface area (Å²) in [5, 5.41) is 7.53. The van der Waals surface area contributed by atoms with E-state index in [1.54, 1.807) is 0 Å². The molecular weight excluding hydrogens is 327 g/mol. The van der Waals surface area contributed by atoms with Crippen molar-refractivity contribution >= 4 is 30.1 Å². The number of nitrogens with two attached hydrogens (primary N) is 1. The fraction of sp³-hybridized carbons (Fsp3) is 0.357. The lowest BCUT2D eigenvalue weighted by Crippen LogP contribution is -2.40. The van der Waals surface area contributed by atoms with Crippen LogP contribution in [0.5, 0.6) is 0 Å². The largest absolute Gasteiger partial charge is 0.355 e. The maximum atomic E-state index is 12.9. The first-order chi connectivity index (χ1) is 10.5. The van der Waals surface area contributed by atoms with Gasteiger partial charge in [-0.2, -0.15) is 0 Å². The van der Waals surface area contributed by atoms with Crippen LogP contribution in [0.1, 0.15) is 16.8 Å². The molecule has 1 aromatic carbocycles. The summed E-state index contributed by atoms with van der Waals surface area (Å²) in [6, 6.07) is 5.38. The Labute approximate surface area is 139 Å². The molecule has 7 nitrogen and oxygen atoms in total. The van der Waals surface area contributed by atoms with Crippen molar-refractivity contribution in [3.05, 3.63) is 35.6 Å². The smallest absolute Gasteiger partial charge is 0.251 e. The number of rotatable bonds is 8. The average molecular weight is 347 g/mol. The van der Waals surface area contributed by atoms with Crippen LogP contribution in [0.25, 0.3) is 0 Å². The molecule has 0 aromatic heterocycles. The molecule has 0 unspecified atom stereocenters. The second-order valence-electron chi connectivity index (χ2n) is 4.45. The third-order valence-electron chi connectivity index (χ3n) is 2.68. The van der Waals surface area contributed by atoms with Crippen LogP contribution >= 0.6 is 12.4 Å². The summed E-state index contributed by atoms with van der Waals surface area (Å²) < 4.78 is 12.9. The summed E-state index contributed by atoms with van der Waals surface area (Å²) in [5.41, 5.74) is 5.32. The Morgan fingerprint density at radius 3 is 2.39 bits per heavy atom. The Balaban J connectivity index is 0.00000484. The zero-order valence-corrected chi connectivity index (χ0v) is 13.2. The van der Waals surface area contributed by atoms with Crippen LogP contribution in [0.2, 0.25) is 0 Å². The minimum absolute atomic E-state index is 0. The normalized spacial score (nSPS) is 9.48. The average Bonchev–Trinajstić information content (AvgIpc) is 2.52. The first-order valence-corrected chi connectivity index (χ1v) is 6.80. The van der Waals surface area contributed by atoms with Crippen LogP contribution in [0.4, 0.5) is 4.39 Å². The molecule has 0 aliphatic carbocycles. The van der Waals surface area contributed by atoms with Gasteiger partial charge in [0.15, 0.2) is 0 Å². The molecule has 0 aliphatic heterocycles. The SMILES string of the molecule is Cl.NCC(=O)NCC(=O)NCCCNC(=O)c1cccc(F)c1. The van der Waals surface area contributed by atoms with E-state index in [1.807, 2.05) is 0 Å². The van der Waals surface area contributed by atoms with E-state index in [-0.39, 0.29) is 42.9 Å². The quantitative estimate of drug-likeness (QED) is 0.478. The zero-order valence-electron chi connectivity index (χ0n) is 12.4. The number of halogens is 2.